The molecule has 1 aliphatic rings. The van der Waals surface area contributed by atoms with Gasteiger partial charge in [-0.25, -0.2) is 4.68 Å². The van der Waals surface area contributed by atoms with Gasteiger partial charge in [0.1, 0.15) is 0 Å². The largest absolute Gasteiger partial charge is 0.383 e. The number of amides is 1. The van der Waals surface area contributed by atoms with Gasteiger partial charge >= 0.3 is 0 Å². The van der Waals surface area contributed by atoms with Crippen molar-refractivity contribution in [2.24, 2.45) is 5.92 Å². The van der Waals surface area contributed by atoms with Crippen LogP contribution in [0.3, 0.4) is 0 Å². The van der Waals surface area contributed by atoms with Gasteiger partial charge in [0.2, 0.25) is 5.91 Å². The molecule has 3 rings (SSSR count). The Hall–Kier alpha value is -2.67. The highest BCUT2D eigenvalue weighted by Crippen LogP contribution is 2.24. The monoisotopic (exact) mass is 398 g/mol. The van der Waals surface area contributed by atoms with E-state index in [2.05, 4.69) is 22.2 Å². The average Bonchev–Trinajstić information content (AvgIpc) is 2.70. The summed E-state index contributed by atoms with van der Waals surface area (Å²) >= 11 is 0. The van der Waals surface area contributed by atoms with Crippen molar-refractivity contribution in [1.82, 2.24) is 9.78 Å². The highest BCUT2D eigenvalue weighted by atomic mass is 16.5. The van der Waals surface area contributed by atoms with Gasteiger partial charge in [-0.05, 0) is 55.9 Å². The number of ether oxygens (including phenoxy) is 1. The Balaban J connectivity index is 1.58. The van der Waals surface area contributed by atoms with E-state index in [-0.39, 0.29) is 17.4 Å². The summed E-state index contributed by atoms with van der Waals surface area (Å²) in [5.74, 6) is 0.291. The van der Waals surface area contributed by atoms with Crippen LogP contribution in [0.5, 0.6) is 0 Å². The molecular weight excluding hydrogens is 368 g/mol. The minimum atomic E-state index is -0.130. The predicted molar refractivity (Wildman–Crippen MR) is 114 cm³/mol. The zero-order chi connectivity index (χ0) is 20.8. The summed E-state index contributed by atoms with van der Waals surface area (Å²) in [6.45, 7) is 6.62. The van der Waals surface area contributed by atoms with Crippen LogP contribution in [-0.4, -0.2) is 42.5 Å². The second kappa shape index (κ2) is 9.69. The minimum absolute atomic E-state index is 0.0354. The van der Waals surface area contributed by atoms with Crippen LogP contribution in [0.2, 0.25) is 0 Å². The van der Waals surface area contributed by atoms with Crippen LogP contribution in [-0.2, 0) is 16.1 Å². The van der Waals surface area contributed by atoms with Crippen molar-refractivity contribution in [1.29, 1.82) is 0 Å². The molecule has 1 amide bonds. The molecule has 1 atom stereocenters. The van der Waals surface area contributed by atoms with Crippen LogP contribution < -0.4 is 15.8 Å². The summed E-state index contributed by atoms with van der Waals surface area (Å²) in [5, 5.41) is 7.26. The van der Waals surface area contributed by atoms with Crippen LogP contribution in [0.25, 0.3) is 0 Å². The van der Waals surface area contributed by atoms with Crippen molar-refractivity contribution in [3.63, 3.8) is 0 Å². The van der Waals surface area contributed by atoms with Crippen molar-refractivity contribution in [3.8, 4) is 0 Å². The Morgan fingerprint density at radius 1 is 1.28 bits per heavy atom. The minimum Gasteiger partial charge on any atom is -0.383 e. The van der Waals surface area contributed by atoms with Gasteiger partial charge in [0.15, 0.2) is 0 Å². The molecule has 1 saturated heterocycles. The van der Waals surface area contributed by atoms with E-state index < -0.39 is 0 Å². The van der Waals surface area contributed by atoms with Crippen LogP contribution in [0.1, 0.15) is 30.4 Å². The number of anilines is 2. The molecule has 2 heterocycles. The van der Waals surface area contributed by atoms with Crippen molar-refractivity contribution in [2.75, 3.05) is 37.0 Å². The summed E-state index contributed by atoms with van der Waals surface area (Å²) in [6.07, 6.45) is 4.21. The molecule has 156 valence electrons. The van der Waals surface area contributed by atoms with Gasteiger partial charge in [-0.1, -0.05) is 6.07 Å². The maximum atomic E-state index is 12.5. The number of carbonyl (C=O) groups excluding carboxylic acids is 1. The highest BCUT2D eigenvalue weighted by Gasteiger charge is 2.23. The number of hydrogen-bond donors (Lipinski definition) is 1. The summed E-state index contributed by atoms with van der Waals surface area (Å²) in [5.41, 5.74) is 3.91. The van der Waals surface area contributed by atoms with Gasteiger partial charge in [0, 0.05) is 38.4 Å². The molecular formula is C22H30N4O3. The molecule has 0 radical (unpaired) electrons. The first-order valence-electron chi connectivity index (χ1n) is 10.1. The second-order valence-electron chi connectivity index (χ2n) is 7.77. The van der Waals surface area contributed by atoms with E-state index in [1.54, 1.807) is 19.4 Å². The topological polar surface area (TPSA) is 76.5 Å². The quantitative estimate of drug-likeness (QED) is 0.776. The number of rotatable bonds is 7. The fourth-order valence-electron chi connectivity index (χ4n) is 3.70. The average molecular weight is 399 g/mol. The number of nitrogens with one attached hydrogen (secondary N) is 1. The van der Waals surface area contributed by atoms with Crippen LogP contribution >= 0.6 is 0 Å². The molecule has 0 bridgehead atoms. The first-order valence-corrected chi connectivity index (χ1v) is 10.1. The molecule has 1 unspecified atom stereocenters. The third-order valence-corrected chi connectivity index (χ3v) is 5.51. The second-order valence-corrected chi connectivity index (χ2v) is 7.77. The third-order valence-electron chi connectivity index (χ3n) is 5.51. The van der Waals surface area contributed by atoms with Crippen molar-refractivity contribution in [3.05, 3.63) is 51.9 Å². The lowest BCUT2D eigenvalue weighted by Crippen LogP contribution is -2.38. The number of aryl methyl sites for hydroxylation is 2. The number of benzene rings is 1. The van der Waals surface area contributed by atoms with Crippen molar-refractivity contribution < 1.29 is 9.53 Å². The van der Waals surface area contributed by atoms with Gasteiger partial charge < -0.3 is 15.0 Å². The fourth-order valence-corrected chi connectivity index (χ4v) is 3.70. The van der Waals surface area contributed by atoms with Gasteiger partial charge in [-0.15, -0.1) is 0 Å². The lowest BCUT2D eigenvalue weighted by molar-refractivity contribution is -0.117. The van der Waals surface area contributed by atoms with E-state index in [4.69, 9.17) is 4.74 Å². The lowest BCUT2D eigenvalue weighted by atomic mass is 9.94. The first kappa shape index (κ1) is 21.0. The zero-order valence-corrected chi connectivity index (χ0v) is 17.5. The summed E-state index contributed by atoms with van der Waals surface area (Å²) < 4.78 is 6.41. The van der Waals surface area contributed by atoms with E-state index in [1.807, 2.05) is 25.1 Å². The van der Waals surface area contributed by atoms with Gasteiger partial charge in [-0.3, -0.25) is 9.59 Å². The molecule has 7 heteroatoms. The fraction of sp³-hybridized carbons (Fsp3) is 0.500. The number of nitrogens with zero attached hydrogens (tertiary/aromatic N) is 3. The summed E-state index contributed by atoms with van der Waals surface area (Å²) in [7, 11) is 1.60. The maximum Gasteiger partial charge on any atom is 0.268 e. The van der Waals surface area contributed by atoms with E-state index >= 15 is 0 Å². The Morgan fingerprint density at radius 3 is 2.83 bits per heavy atom. The molecule has 2 aromatic rings. The SMILES string of the molecule is COCCn1ncc(N2CCCC(CC(=O)Nc3ccc(C)c(C)c3)C2)cc1=O. The van der Waals surface area contributed by atoms with E-state index in [0.717, 1.165) is 37.3 Å². The zero-order valence-electron chi connectivity index (χ0n) is 17.5. The van der Waals surface area contributed by atoms with Crippen LogP contribution in [0, 0.1) is 19.8 Å². The maximum absolute atomic E-state index is 12.5. The highest BCUT2D eigenvalue weighted by molar-refractivity contribution is 5.91. The molecule has 0 aliphatic carbocycles. The van der Waals surface area contributed by atoms with Gasteiger partial charge in [0.25, 0.3) is 5.56 Å². The lowest BCUT2D eigenvalue weighted by Gasteiger charge is -2.34. The number of carbonyl (C=O) groups is 1. The number of aromatic nitrogens is 2. The Labute approximate surface area is 171 Å². The molecule has 29 heavy (non-hydrogen) atoms. The van der Waals surface area contributed by atoms with Crippen molar-refractivity contribution in [2.45, 2.75) is 39.7 Å². The third kappa shape index (κ3) is 5.67. The molecule has 0 spiro atoms. The number of methoxy groups -OCH3 is 1. The molecule has 1 aliphatic heterocycles. The number of hydrogen-bond acceptors (Lipinski definition) is 5. The summed E-state index contributed by atoms with van der Waals surface area (Å²) in [4.78, 5) is 26.9. The van der Waals surface area contributed by atoms with Gasteiger partial charge in [-0.2, -0.15) is 5.10 Å². The van der Waals surface area contributed by atoms with E-state index in [1.165, 1.54) is 15.8 Å². The Bertz CT molecular complexity index is 909. The van der Waals surface area contributed by atoms with E-state index in [9.17, 15) is 9.59 Å². The van der Waals surface area contributed by atoms with Crippen LogP contribution in [0.4, 0.5) is 11.4 Å². The number of piperidine rings is 1. The first-order chi connectivity index (χ1) is 14.0. The predicted octanol–water partition coefficient (Wildman–Crippen LogP) is 2.75. The molecule has 1 N–H and O–H groups in total. The normalized spacial score (nSPS) is 16.7. The molecule has 1 fully saturated rings. The van der Waals surface area contributed by atoms with E-state index in [0.29, 0.717) is 19.6 Å². The smallest absolute Gasteiger partial charge is 0.268 e. The van der Waals surface area contributed by atoms with Gasteiger partial charge in [0.05, 0.1) is 25.0 Å². The van der Waals surface area contributed by atoms with Crippen LogP contribution in [0.15, 0.2) is 35.3 Å². The standard InChI is InChI=1S/C22H30N4O3/c1-16-6-7-19(11-17(16)2)24-21(27)12-18-5-4-8-25(15-18)20-13-22(28)26(23-14-20)9-10-29-3/h6-7,11,13-14,18H,4-5,8-10,12,15H2,1-3H3,(H,24,27). The molecule has 1 aromatic heterocycles. The molecule has 1 aromatic carbocycles. The Morgan fingerprint density at radius 2 is 2.10 bits per heavy atom. The Kier molecular flexibility index (Phi) is 7.04. The molecule has 0 saturated carbocycles. The summed E-state index contributed by atoms with van der Waals surface area (Å²) in [6, 6.07) is 7.59. The van der Waals surface area contributed by atoms with Crippen molar-refractivity contribution >= 4 is 17.3 Å². The molecule has 7 nitrogen and oxygen atoms in total.